The molecule has 3 unspecified atom stereocenters. The summed E-state index contributed by atoms with van der Waals surface area (Å²) < 4.78 is 2.10. The van der Waals surface area contributed by atoms with Crippen LogP contribution in [0.3, 0.4) is 0 Å². The Labute approximate surface area is 134 Å². The first-order chi connectivity index (χ1) is 11.3. The van der Waals surface area contributed by atoms with Gasteiger partial charge in [0.05, 0.1) is 11.1 Å². The average molecular weight is 305 g/mol. The van der Waals surface area contributed by atoms with E-state index in [1.807, 2.05) is 30.5 Å². The van der Waals surface area contributed by atoms with Crippen molar-refractivity contribution in [2.45, 2.75) is 24.9 Å². The molecule has 23 heavy (non-hydrogen) atoms. The fourth-order valence-electron chi connectivity index (χ4n) is 4.23. The number of nitrogens with zero attached hydrogens (tertiary/aromatic N) is 1. The predicted octanol–water partition coefficient (Wildman–Crippen LogP) is 2.57. The molecule has 2 aliphatic rings. The maximum absolute atomic E-state index is 12.6. The summed E-state index contributed by atoms with van der Waals surface area (Å²) in [5.74, 6) is 0.769. The molecule has 3 aromatic rings. The lowest BCUT2D eigenvalue weighted by Crippen LogP contribution is -2.47. The van der Waals surface area contributed by atoms with Crippen LogP contribution in [-0.2, 0) is 0 Å². The van der Waals surface area contributed by atoms with E-state index in [-0.39, 0.29) is 11.9 Å². The molecule has 116 valence electrons. The van der Waals surface area contributed by atoms with Crippen LogP contribution < -0.4 is 10.6 Å². The zero-order valence-corrected chi connectivity index (χ0v) is 12.8. The highest BCUT2D eigenvalue weighted by Crippen LogP contribution is 2.31. The third-order valence-electron chi connectivity index (χ3n) is 5.39. The molecule has 0 radical (unpaired) electrons. The lowest BCUT2D eigenvalue weighted by Gasteiger charge is -2.24. The van der Waals surface area contributed by atoms with E-state index in [1.54, 1.807) is 0 Å². The first kappa shape index (κ1) is 13.1. The highest BCUT2D eigenvalue weighted by atomic mass is 16.1. The summed E-state index contributed by atoms with van der Waals surface area (Å²) in [6.07, 6.45) is 4.26. The summed E-state index contributed by atoms with van der Waals surface area (Å²) in [5.41, 5.74) is 2.98. The summed E-state index contributed by atoms with van der Waals surface area (Å²) in [7, 11) is 0. The van der Waals surface area contributed by atoms with Crippen molar-refractivity contribution in [2.75, 3.05) is 6.54 Å². The van der Waals surface area contributed by atoms with Gasteiger partial charge < -0.3 is 15.0 Å². The molecule has 2 aromatic heterocycles. The number of carbonyl (C=O) groups excluding carboxylic acids is 1. The number of piperidine rings is 1. The Morgan fingerprint density at radius 3 is 2.91 bits per heavy atom. The topological polar surface area (TPSA) is 45.5 Å². The Kier molecular flexibility index (Phi) is 2.76. The predicted molar refractivity (Wildman–Crippen MR) is 90.7 cm³/mol. The SMILES string of the molecule is O=C(NC1CC2CNC1C2)c1ccc2cc3ccccc3n2c1. The van der Waals surface area contributed by atoms with Crippen LogP contribution in [0, 0.1) is 5.92 Å². The Morgan fingerprint density at radius 2 is 2.09 bits per heavy atom. The van der Waals surface area contributed by atoms with Crippen LogP contribution in [-0.4, -0.2) is 28.9 Å². The third-order valence-corrected chi connectivity index (χ3v) is 5.39. The van der Waals surface area contributed by atoms with E-state index < -0.39 is 0 Å². The third kappa shape index (κ3) is 2.05. The van der Waals surface area contributed by atoms with Crippen molar-refractivity contribution in [1.82, 2.24) is 15.0 Å². The Hall–Kier alpha value is -2.33. The van der Waals surface area contributed by atoms with E-state index >= 15 is 0 Å². The smallest absolute Gasteiger partial charge is 0.253 e. The molecular weight excluding hydrogens is 286 g/mol. The number of hydrogen-bond donors (Lipinski definition) is 2. The fourth-order valence-corrected chi connectivity index (χ4v) is 4.23. The van der Waals surface area contributed by atoms with Gasteiger partial charge in [-0.25, -0.2) is 0 Å². The van der Waals surface area contributed by atoms with Gasteiger partial charge in [-0.3, -0.25) is 4.79 Å². The number of benzene rings is 1. The molecule has 0 spiro atoms. The van der Waals surface area contributed by atoms with Gasteiger partial charge in [-0.1, -0.05) is 18.2 Å². The molecule has 1 saturated carbocycles. The molecule has 5 rings (SSSR count). The number of rotatable bonds is 2. The molecule has 4 nitrogen and oxygen atoms in total. The van der Waals surface area contributed by atoms with Crippen LogP contribution in [0.25, 0.3) is 16.4 Å². The van der Waals surface area contributed by atoms with Gasteiger partial charge in [-0.2, -0.15) is 0 Å². The summed E-state index contributed by atoms with van der Waals surface area (Å²) >= 11 is 0. The van der Waals surface area contributed by atoms with Crippen molar-refractivity contribution < 1.29 is 4.79 Å². The normalized spacial score (nSPS) is 26.2. The number of amides is 1. The molecular formula is C19H19N3O. The first-order valence-corrected chi connectivity index (χ1v) is 8.32. The molecule has 1 aromatic carbocycles. The minimum atomic E-state index is 0.0315. The van der Waals surface area contributed by atoms with Crippen molar-refractivity contribution in [3.05, 3.63) is 54.2 Å². The van der Waals surface area contributed by atoms with E-state index in [0.717, 1.165) is 35.5 Å². The summed E-state index contributed by atoms with van der Waals surface area (Å²) in [6.45, 7) is 1.11. The second kappa shape index (κ2) is 4.83. The van der Waals surface area contributed by atoms with Crippen LogP contribution in [0.15, 0.2) is 48.7 Å². The summed E-state index contributed by atoms with van der Waals surface area (Å²) in [4.78, 5) is 12.6. The van der Waals surface area contributed by atoms with Gasteiger partial charge in [0, 0.05) is 29.2 Å². The lowest BCUT2D eigenvalue weighted by molar-refractivity contribution is 0.0928. The number of carbonyl (C=O) groups is 1. The maximum Gasteiger partial charge on any atom is 0.253 e. The minimum absolute atomic E-state index is 0.0315. The summed E-state index contributed by atoms with van der Waals surface area (Å²) in [5, 5.41) is 7.91. The van der Waals surface area contributed by atoms with E-state index in [4.69, 9.17) is 0 Å². The number of fused-ring (bicyclic) bond motifs is 5. The number of nitrogens with one attached hydrogen (secondary N) is 2. The van der Waals surface area contributed by atoms with Crippen molar-refractivity contribution in [3.63, 3.8) is 0 Å². The molecule has 3 heterocycles. The molecule has 2 fully saturated rings. The van der Waals surface area contributed by atoms with E-state index in [9.17, 15) is 4.79 Å². The van der Waals surface area contributed by atoms with Crippen molar-refractivity contribution in [3.8, 4) is 0 Å². The first-order valence-electron chi connectivity index (χ1n) is 8.32. The van der Waals surface area contributed by atoms with Crippen LogP contribution in [0.5, 0.6) is 0 Å². The van der Waals surface area contributed by atoms with Crippen LogP contribution in [0.1, 0.15) is 23.2 Å². The van der Waals surface area contributed by atoms with Gasteiger partial charge in [0.1, 0.15) is 0 Å². The molecule has 2 bridgehead atoms. The Morgan fingerprint density at radius 1 is 1.17 bits per heavy atom. The van der Waals surface area contributed by atoms with Crippen molar-refractivity contribution in [1.29, 1.82) is 0 Å². The molecule has 4 heteroatoms. The van der Waals surface area contributed by atoms with E-state index in [0.29, 0.717) is 6.04 Å². The molecule has 3 atom stereocenters. The number of para-hydroxylation sites is 1. The van der Waals surface area contributed by atoms with Crippen molar-refractivity contribution >= 4 is 22.3 Å². The summed E-state index contributed by atoms with van der Waals surface area (Å²) in [6, 6.07) is 15.1. The van der Waals surface area contributed by atoms with Gasteiger partial charge in [-0.15, -0.1) is 0 Å². The minimum Gasteiger partial charge on any atom is -0.348 e. The highest BCUT2D eigenvalue weighted by Gasteiger charge is 2.40. The largest absolute Gasteiger partial charge is 0.348 e. The highest BCUT2D eigenvalue weighted by molar-refractivity contribution is 5.96. The number of hydrogen-bond acceptors (Lipinski definition) is 2. The van der Waals surface area contributed by atoms with Gasteiger partial charge in [-0.05, 0) is 49.6 Å². The van der Waals surface area contributed by atoms with Crippen LogP contribution in [0.2, 0.25) is 0 Å². The molecule has 2 N–H and O–H groups in total. The Bertz CT molecular complexity index is 913. The fraction of sp³-hybridized carbons (Fsp3) is 0.316. The second-order valence-electron chi connectivity index (χ2n) is 6.85. The Balaban J connectivity index is 1.47. The molecule has 1 saturated heterocycles. The quantitative estimate of drug-likeness (QED) is 0.764. The maximum atomic E-state index is 12.6. The zero-order chi connectivity index (χ0) is 15.4. The van der Waals surface area contributed by atoms with Crippen LogP contribution in [0.4, 0.5) is 0 Å². The van der Waals surface area contributed by atoms with Gasteiger partial charge >= 0.3 is 0 Å². The van der Waals surface area contributed by atoms with Crippen molar-refractivity contribution in [2.24, 2.45) is 5.92 Å². The van der Waals surface area contributed by atoms with Gasteiger partial charge in [0.25, 0.3) is 5.91 Å². The van der Waals surface area contributed by atoms with Gasteiger partial charge in [0.15, 0.2) is 0 Å². The number of aromatic nitrogens is 1. The van der Waals surface area contributed by atoms with E-state index in [1.165, 1.54) is 11.8 Å². The lowest BCUT2D eigenvalue weighted by atomic mass is 10.1. The van der Waals surface area contributed by atoms with Crippen LogP contribution >= 0.6 is 0 Å². The zero-order valence-electron chi connectivity index (χ0n) is 12.8. The number of pyridine rings is 1. The molecule has 1 aliphatic carbocycles. The molecule has 1 amide bonds. The average Bonchev–Trinajstić information content (AvgIpc) is 3.27. The standard InChI is InChI=1S/C19H19N3O/c23-19(21-17-8-12-7-16(17)20-10-12)14-5-6-15-9-13-3-1-2-4-18(13)22(15)11-14/h1-6,9,11-12,16-17,20H,7-8,10H2,(H,21,23). The molecule has 1 aliphatic heterocycles. The van der Waals surface area contributed by atoms with E-state index in [2.05, 4.69) is 33.2 Å². The van der Waals surface area contributed by atoms with Gasteiger partial charge in [0.2, 0.25) is 0 Å². The second-order valence-corrected chi connectivity index (χ2v) is 6.85. The monoisotopic (exact) mass is 305 g/mol.